The molecule has 1 heterocycles. The highest BCUT2D eigenvalue weighted by atomic mass is 16.6. The molecule has 3 aromatic carbocycles. The standard InChI is InChI=1S/C22H18N4O4/c27-18-11-10-17(25-24-16-6-2-1-3-7-16)12-15(18)13-23-26-22(28)21-14-29-19-8-4-5-9-20(19)30-21/h1-13,21,27H,14H2,(H,26,28)/b23-13-,25-24?. The average Bonchev–Trinajstić information content (AvgIpc) is 2.79. The molecule has 30 heavy (non-hydrogen) atoms. The van der Waals surface area contributed by atoms with Crippen LogP contribution in [0.15, 0.2) is 88.1 Å². The smallest absolute Gasteiger partial charge is 0.284 e. The van der Waals surface area contributed by atoms with Gasteiger partial charge in [0.25, 0.3) is 5.91 Å². The molecule has 8 nitrogen and oxygen atoms in total. The molecule has 150 valence electrons. The number of nitrogens with one attached hydrogen (secondary N) is 1. The lowest BCUT2D eigenvalue weighted by Gasteiger charge is -2.24. The van der Waals surface area contributed by atoms with Crippen LogP contribution < -0.4 is 14.9 Å². The van der Waals surface area contributed by atoms with Crippen LogP contribution in [0.1, 0.15) is 5.56 Å². The van der Waals surface area contributed by atoms with Crippen LogP contribution in [0, 0.1) is 0 Å². The predicted molar refractivity (Wildman–Crippen MR) is 111 cm³/mol. The fraction of sp³-hybridized carbons (Fsp3) is 0.0909. The maximum Gasteiger partial charge on any atom is 0.284 e. The summed E-state index contributed by atoms with van der Waals surface area (Å²) in [5, 5.41) is 22.2. The number of rotatable bonds is 5. The third kappa shape index (κ3) is 4.61. The zero-order chi connectivity index (χ0) is 20.8. The normalized spacial score (nSPS) is 15.4. The van der Waals surface area contributed by atoms with Crippen molar-refractivity contribution < 1.29 is 19.4 Å². The number of aromatic hydroxyl groups is 1. The van der Waals surface area contributed by atoms with Crippen molar-refractivity contribution in [2.75, 3.05) is 6.61 Å². The number of fused-ring (bicyclic) bond motifs is 1. The summed E-state index contributed by atoms with van der Waals surface area (Å²) in [5.41, 5.74) is 4.02. The highest BCUT2D eigenvalue weighted by molar-refractivity contribution is 5.87. The Morgan fingerprint density at radius 1 is 0.967 bits per heavy atom. The Bertz CT molecular complexity index is 1100. The molecule has 1 amide bonds. The summed E-state index contributed by atoms with van der Waals surface area (Å²) in [5.74, 6) is 0.636. The Labute approximate surface area is 172 Å². The molecule has 0 spiro atoms. The Hall–Kier alpha value is -4.20. The summed E-state index contributed by atoms with van der Waals surface area (Å²) in [6.45, 7) is 0.0823. The Morgan fingerprint density at radius 2 is 1.70 bits per heavy atom. The van der Waals surface area contributed by atoms with Crippen molar-refractivity contribution >= 4 is 23.5 Å². The Balaban J connectivity index is 1.39. The van der Waals surface area contributed by atoms with Gasteiger partial charge in [-0.2, -0.15) is 15.3 Å². The second-order valence-corrected chi connectivity index (χ2v) is 6.38. The minimum atomic E-state index is -0.823. The van der Waals surface area contributed by atoms with Crippen molar-refractivity contribution in [3.8, 4) is 17.2 Å². The van der Waals surface area contributed by atoms with Crippen LogP contribution in [0.4, 0.5) is 11.4 Å². The highest BCUT2D eigenvalue weighted by Crippen LogP contribution is 2.30. The third-order valence-electron chi connectivity index (χ3n) is 4.23. The zero-order valence-electron chi connectivity index (χ0n) is 15.8. The van der Waals surface area contributed by atoms with Crippen molar-refractivity contribution in [1.82, 2.24) is 5.43 Å². The van der Waals surface area contributed by atoms with Crippen molar-refractivity contribution in [3.63, 3.8) is 0 Å². The zero-order valence-corrected chi connectivity index (χ0v) is 15.8. The molecular formula is C22H18N4O4. The van der Waals surface area contributed by atoms with Crippen molar-refractivity contribution in [3.05, 3.63) is 78.4 Å². The number of carbonyl (C=O) groups is 1. The molecular weight excluding hydrogens is 384 g/mol. The quantitative estimate of drug-likeness (QED) is 0.381. The van der Waals surface area contributed by atoms with Gasteiger partial charge in [-0.1, -0.05) is 30.3 Å². The van der Waals surface area contributed by atoms with E-state index in [0.29, 0.717) is 28.4 Å². The Morgan fingerprint density at radius 3 is 2.53 bits per heavy atom. The second kappa shape index (κ2) is 8.87. The highest BCUT2D eigenvalue weighted by Gasteiger charge is 2.26. The molecule has 0 aromatic heterocycles. The van der Waals surface area contributed by atoms with Crippen LogP contribution in [0.3, 0.4) is 0 Å². The molecule has 1 atom stereocenters. The second-order valence-electron chi connectivity index (χ2n) is 6.38. The number of benzene rings is 3. The first kappa shape index (κ1) is 19.1. The van der Waals surface area contributed by atoms with E-state index in [9.17, 15) is 9.90 Å². The van der Waals surface area contributed by atoms with Gasteiger partial charge in [0.2, 0.25) is 6.10 Å². The number of phenolic OH excluding ortho intramolecular Hbond substituents is 1. The SMILES string of the molecule is O=C(N/N=C\c1cc(N=Nc2ccccc2)ccc1O)C1COc2ccccc2O1. The van der Waals surface area contributed by atoms with Crippen molar-refractivity contribution in [1.29, 1.82) is 0 Å². The molecule has 0 saturated heterocycles. The van der Waals surface area contributed by atoms with Gasteiger partial charge in [-0.15, -0.1) is 0 Å². The summed E-state index contributed by atoms with van der Waals surface area (Å²) < 4.78 is 11.1. The molecule has 0 fully saturated rings. The van der Waals surface area contributed by atoms with Crippen LogP contribution in [0.2, 0.25) is 0 Å². The molecule has 0 bridgehead atoms. The molecule has 1 aliphatic rings. The van der Waals surface area contributed by atoms with Crippen LogP contribution >= 0.6 is 0 Å². The van der Waals surface area contributed by atoms with Crippen LogP contribution in [-0.2, 0) is 4.79 Å². The van der Waals surface area contributed by atoms with E-state index in [1.54, 1.807) is 30.3 Å². The monoisotopic (exact) mass is 402 g/mol. The van der Waals surface area contributed by atoms with E-state index in [1.165, 1.54) is 12.3 Å². The first-order chi connectivity index (χ1) is 14.7. The molecule has 3 aromatic rings. The largest absolute Gasteiger partial charge is 0.507 e. The minimum Gasteiger partial charge on any atom is -0.507 e. The molecule has 0 saturated carbocycles. The molecule has 0 aliphatic carbocycles. The number of nitrogens with zero attached hydrogens (tertiary/aromatic N) is 3. The Kier molecular flexibility index (Phi) is 5.66. The van der Waals surface area contributed by atoms with E-state index < -0.39 is 12.0 Å². The summed E-state index contributed by atoms with van der Waals surface area (Å²) >= 11 is 0. The number of hydrogen-bond donors (Lipinski definition) is 2. The average molecular weight is 402 g/mol. The summed E-state index contributed by atoms with van der Waals surface area (Å²) in [6, 6.07) is 21.1. The number of hydrogen-bond acceptors (Lipinski definition) is 7. The van der Waals surface area contributed by atoms with E-state index in [0.717, 1.165) is 0 Å². The lowest BCUT2D eigenvalue weighted by atomic mass is 10.2. The number of carbonyl (C=O) groups excluding carboxylic acids is 1. The molecule has 1 aliphatic heterocycles. The molecule has 2 N–H and O–H groups in total. The summed E-state index contributed by atoms with van der Waals surface area (Å²) in [4.78, 5) is 12.3. The summed E-state index contributed by atoms with van der Waals surface area (Å²) in [6.07, 6.45) is 0.503. The van der Waals surface area contributed by atoms with Gasteiger partial charge in [0.05, 0.1) is 17.6 Å². The number of ether oxygens (including phenoxy) is 2. The van der Waals surface area contributed by atoms with Crippen molar-refractivity contribution in [2.24, 2.45) is 15.3 Å². The van der Waals surface area contributed by atoms with E-state index in [-0.39, 0.29) is 12.4 Å². The number of azo groups is 1. The molecule has 4 rings (SSSR count). The summed E-state index contributed by atoms with van der Waals surface area (Å²) in [7, 11) is 0. The number of amides is 1. The van der Waals surface area contributed by atoms with Gasteiger partial charge in [0, 0.05) is 5.56 Å². The van der Waals surface area contributed by atoms with Gasteiger partial charge < -0.3 is 14.6 Å². The van der Waals surface area contributed by atoms with Gasteiger partial charge in [0.1, 0.15) is 12.4 Å². The first-order valence-electron chi connectivity index (χ1n) is 9.20. The minimum absolute atomic E-state index is 0.00200. The topological polar surface area (TPSA) is 105 Å². The predicted octanol–water partition coefficient (Wildman–Crippen LogP) is 4.10. The van der Waals surface area contributed by atoms with Gasteiger partial charge >= 0.3 is 0 Å². The van der Waals surface area contributed by atoms with Gasteiger partial charge in [-0.3, -0.25) is 4.79 Å². The van der Waals surface area contributed by atoms with Crippen molar-refractivity contribution in [2.45, 2.75) is 6.10 Å². The number of hydrazone groups is 1. The third-order valence-corrected chi connectivity index (χ3v) is 4.23. The van der Waals surface area contributed by atoms with Crippen LogP contribution in [-0.4, -0.2) is 29.9 Å². The van der Waals surface area contributed by atoms with E-state index in [4.69, 9.17) is 9.47 Å². The molecule has 0 radical (unpaired) electrons. The molecule has 1 unspecified atom stereocenters. The van der Waals surface area contributed by atoms with Crippen LogP contribution in [0.25, 0.3) is 0 Å². The molecule has 8 heteroatoms. The fourth-order valence-corrected chi connectivity index (χ4v) is 2.70. The number of phenols is 1. The maximum atomic E-state index is 12.3. The fourth-order valence-electron chi connectivity index (χ4n) is 2.70. The first-order valence-corrected chi connectivity index (χ1v) is 9.20. The van der Waals surface area contributed by atoms with Gasteiger partial charge in [0.15, 0.2) is 11.5 Å². The van der Waals surface area contributed by atoms with E-state index in [1.807, 2.05) is 36.4 Å². The van der Waals surface area contributed by atoms with E-state index in [2.05, 4.69) is 20.8 Å². The maximum absolute atomic E-state index is 12.3. The van der Waals surface area contributed by atoms with Gasteiger partial charge in [-0.25, -0.2) is 5.43 Å². The van der Waals surface area contributed by atoms with Crippen LogP contribution in [0.5, 0.6) is 17.2 Å². The van der Waals surface area contributed by atoms with E-state index >= 15 is 0 Å². The number of para-hydroxylation sites is 2. The lowest BCUT2D eigenvalue weighted by Crippen LogP contribution is -2.42. The lowest BCUT2D eigenvalue weighted by molar-refractivity contribution is -0.130. The van der Waals surface area contributed by atoms with Gasteiger partial charge in [-0.05, 0) is 42.5 Å².